The summed E-state index contributed by atoms with van der Waals surface area (Å²) in [5.41, 5.74) is 2.87. The third-order valence-electron chi connectivity index (χ3n) is 6.93. The van der Waals surface area contributed by atoms with E-state index < -0.39 is 18.4 Å². The minimum absolute atomic E-state index is 0.0717. The topological polar surface area (TPSA) is 142 Å². The number of aliphatic hydroxyl groups is 1. The first-order valence-electron chi connectivity index (χ1n) is 13.8. The van der Waals surface area contributed by atoms with E-state index in [4.69, 9.17) is 18.9 Å². The van der Waals surface area contributed by atoms with Crippen molar-refractivity contribution in [1.82, 2.24) is 19.6 Å². The normalized spacial score (nSPS) is 16.3. The maximum atomic E-state index is 12.4. The van der Waals surface area contributed by atoms with Gasteiger partial charge in [-0.15, -0.1) is 0 Å². The van der Waals surface area contributed by atoms with Gasteiger partial charge in [0.05, 0.1) is 14.2 Å². The van der Waals surface area contributed by atoms with Crippen LogP contribution < -0.4 is 10.2 Å². The number of nitrogens with zero attached hydrogens (tertiary/aromatic N) is 5. The summed E-state index contributed by atoms with van der Waals surface area (Å²) in [6.07, 6.45) is -1.68. The molecule has 0 bridgehead atoms. The highest BCUT2D eigenvalue weighted by Gasteiger charge is 2.40. The predicted octanol–water partition coefficient (Wildman–Crippen LogP) is 3.50. The number of carbonyl (C=O) groups excluding carboxylic acids is 2. The summed E-state index contributed by atoms with van der Waals surface area (Å²) in [6, 6.07) is 3.68. The molecule has 0 aromatic carbocycles. The number of aliphatic hydroxyl groups excluding tert-OH is 1. The van der Waals surface area contributed by atoms with E-state index in [-0.39, 0.29) is 28.3 Å². The highest BCUT2D eigenvalue weighted by atomic mass is 16.7. The number of amides is 2. The number of rotatable bonds is 8. The molecule has 0 saturated heterocycles. The number of hydrogen-bond acceptors (Lipinski definition) is 9. The number of aryl methyl sites for hydroxylation is 2. The highest BCUT2D eigenvalue weighted by molar-refractivity contribution is 6.07. The van der Waals surface area contributed by atoms with E-state index in [9.17, 15) is 14.7 Å². The van der Waals surface area contributed by atoms with Crippen molar-refractivity contribution in [2.75, 3.05) is 38.7 Å². The van der Waals surface area contributed by atoms with Crippen LogP contribution in [0.15, 0.2) is 34.8 Å². The van der Waals surface area contributed by atoms with E-state index in [1.165, 1.54) is 33.3 Å². The van der Waals surface area contributed by atoms with Crippen LogP contribution in [-0.4, -0.2) is 77.4 Å². The molecule has 1 unspecified atom stereocenters. The van der Waals surface area contributed by atoms with E-state index >= 15 is 0 Å². The van der Waals surface area contributed by atoms with Crippen LogP contribution in [0.25, 0.3) is 0 Å². The second kappa shape index (κ2) is 13.7. The fourth-order valence-electron chi connectivity index (χ4n) is 4.84. The molecule has 1 aliphatic rings. The van der Waals surface area contributed by atoms with Crippen LogP contribution in [0.2, 0.25) is 0 Å². The summed E-state index contributed by atoms with van der Waals surface area (Å²) in [5.74, 6) is 0.457. The molecule has 3 heterocycles. The summed E-state index contributed by atoms with van der Waals surface area (Å²) in [4.78, 5) is 26.0. The Morgan fingerprint density at radius 3 is 1.86 bits per heavy atom. The van der Waals surface area contributed by atoms with Crippen LogP contribution in [0.1, 0.15) is 66.8 Å². The lowest BCUT2D eigenvalue weighted by Crippen LogP contribution is -2.35. The molecule has 0 spiro atoms. The molecule has 2 aromatic rings. The van der Waals surface area contributed by atoms with E-state index in [2.05, 4.69) is 57.1 Å². The Morgan fingerprint density at radius 2 is 1.47 bits per heavy atom. The van der Waals surface area contributed by atoms with Gasteiger partial charge in [-0.1, -0.05) is 41.5 Å². The Balaban J connectivity index is 0.000000303. The fraction of sp³-hybridized carbons (Fsp3) is 0.600. The van der Waals surface area contributed by atoms with Gasteiger partial charge >= 0.3 is 0 Å². The van der Waals surface area contributed by atoms with Gasteiger partial charge in [0.2, 0.25) is 0 Å². The molecule has 0 fully saturated rings. The first kappa shape index (κ1) is 35.5. The average Bonchev–Trinajstić information content (AvgIpc) is 3.53. The molecule has 43 heavy (non-hydrogen) atoms. The largest absolute Gasteiger partial charge is 0.491 e. The first-order valence-corrected chi connectivity index (χ1v) is 13.8. The van der Waals surface area contributed by atoms with Crippen molar-refractivity contribution in [3.63, 3.8) is 0 Å². The minimum Gasteiger partial charge on any atom is -0.491 e. The van der Waals surface area contributed by atoms with Crippen molar-refractivity contribution >= 4 is 23.5 Å². The predicted molar refractivity (Wildman–Crippen MR) is 163 cm³/mol. The number of nitrogens with one attached hydrogen (secondary N) is 1. The van der Waals surface area contributed by atoms with E-state index in [0.29, 0.717) is 22.8 Å². The van der Waals surface area contributed by atoms with Gasteiger partial charge in [-0.2, -0.15) is 10.2 Å². The van der Waals surface area contributed by atoms with Crippen molar-refractivity contribution in [2.24, 2.45) is 14.1 Å². The van der Waals surface area contributed by atoms with Gasteiger partial charge in [0.15, 0.2) is 35.7 Å². The zero-order chi connectivity index (χ0) is 33.0. The second-order valence-electron chi connectivity index (χ2n) is 12.3. The molecule has 0 saturated carbocycles. The van der Waals surface area contributed by atoms with Crippen LogP contribution >= 0.6 is 0 Å². The van der Waals surface area contributed by atoms with E-state index in [1.807, 2.05) is 26.2 Å². The molecular weight excluding hydrogens is 556 g/mol. The quantitative estimate of drug-likeness (QED) is 0.263. The Labute approximate surface area is 254 Å². The van der Waals surface area contributed by atoms with Gasteiger partial charge in [0.25, 0.3) is 11.8 Å². The van der Waals surface area contributed by atoms with Gasteiger partial charge in [0.1, 0.15) is 0 Å². The number of ether oxygens (including phenoxy) is 4. The monoisotopic (exact) mass is 604 g/mol. The molecular formula is C30H48N6O7. The molecule has 13 nitrogen and oxygen atoms in total. The maximum Gasteiger partial charge on any atom is 0.297 e. The third kappa shape index (κ3) is 7.84. The number of hydrogen-bond donors (Lipinski definition) is 2. The van der Waals surface area contributed by atoms with Gasteiger partial charge in [0, 0.05) is 73.8 Å². The van der Waals surface area contributed by atoms with Crippen LogP contribution in [0.4, 0.5) is 11.6 Å². The summed E-state index contributed by atoms with van der Waals surface area (Å²) in [7, 11) is 9.52. The summed E-state index contributed by atoms with van der Waals surface area (Å²) in [6.45, 7) is 15.9. The van der Waals surface area contributed by atoms with E-state index in [1.54, 1.807) is 23.2 Å². The fourth-order valence-corrected chi connectivity index (χ4v) is 4.84. The molecule has 0 aliphatic carbocycles. The Hall–Kier alpha value is -3.68. The van der Waals surface area contributed by atoms with Crippen molar-refractivity contribution < 1.29 is 33.6 Å². The van der Waals surface area contributed by atoms with Crippen molar-refractivity contribution in [3.05, 3.63) is 46.2 Å². The number of aromatic nitrogens is 4. The smallest absolute Gasteiger partial charge is 0.297 e. The molecule has 240 valence electrons. The Bertz CT molecular complexity index is 1370. The molecule has 0 radical (unpaired) electrons. The van der Waals surface area contributed by atoms with E-state index in [0.717, 1.165) is 11.4 Å². The lowest BCUT2D eigenvalue weighted by molar-refractivity contribution is -0.118. The lowest BCUT2D eigenvalue weighted by Gasteiger charge is -2.19. The lowest BCUT2D eigenvalue weighted by atomic mass is 9.92. The average molecular weight is 605 g/mol. The molecule has 2 amide bonds. The minimum atomic E-state index is -1.03. The van der Waals surface area contributed by atoms with Crippen LogP contribution in [0.5, 0.6) is 0 Å². The molecule has 2 N–H and O–H groups in total. The number of methoxy groups -OCH3 is 4. The van der Waals surface area contributed by atoms with Crippen molar-refractivity contribution in [3.8, 4) is 0 Å². The summed E-state index contributed by atoms with van der Waals surface area (Å²) >= 11 is 0. The van der Waals surface area contributed by atoms with Gasteiger partial charge in [-0.25, -0.2) is 0 Å². The summed E-state index contributed by atoms with van der Waals surface area (Å²) in [5, 5.41) is 21.6. The highest BCUT2D eigenvalue weighted by Crippen LogP contribution is 2.32. The maximum absolute atomic E-state index is 12.4. The zero-order valence-electron chi connectivity index (χ0n) is 27.9. The van der Waals surface area contributed by atoms with Crippen molar-refractivity contribution in [2.45, 2.75) is 78.7 Å². The molecule has 3 rings (SSSR count). The summed E-state index contributed by atoms with van der Waals surface area (Å²) < 4.78 is 24.1. The second-order valence-corrected chi connectivity index (χ2v) is 12.3. The molecule has 1 atom stereocenters. The number of carbonyl (C=O) groups is 2. The van der Waals surface area contributed by atoms with Crippen LogP contribution in [-0.2, 0) is 53.5 Å². The standard InChI is InChI=1S/C16H27N3O4.C14H21N3O3/c1-10(15(22-7)23-8)13(21-6)14(20)17-12-9-11(16(2,3)4)19(5)18-12;1-8-11(20-6)13(19)17(12(8)18)10-7-9(14(2,3)4)16(5)15-10/h9,15H,1-8H3,(H,17,18,20);7,12,18H,1-6H3/b13-10+;. The third-order valence-corrected chi connectivity index (χ3v) is 6.93. The molecule has 13 heteroatoms. The zero-order valence-corrected chi connectivity index (χ0v) is 27.9. The Morgan fingerprint density at radius 1 is 0.953 bits per heavy atom. The molecule has 2 aromatic heterocycles. The number of anilines is 2. The van der Waals surface area contributed by atoms with Gasteiger partial charge in [-0.05, 0) is 13.8 Å². The SMILES string of the molecule is CO/C(C(=O)Nc1cc(C(C)(C)C)n(C)n1)=C(\C)C(OC)OC.COC1=C(C)C(O)N(c2cc(C(C)(C)C)n(C)n2)C1=O. The first-order chi connectivity index (χ1) is 19.8. The molecule has 1 aliphatic heterocycles. The van der Waals surface area contributed by atoms with Gasteiger partial charge < -0.3 is 29.4 Å². The van der Waals surface area contributed by atoms with Crippen LogP contribution in [0, 0.1) is 0 Å². The van der Waals surface area contributed by atoms with Gasteiger partial charge in [-0.3, -0.25) is 23.9 Å². The van der Waals surface area contributed by atoms with Crippen LogP contribution in [0.3, 0.4) is 0 Å². The van der Waals surface area contributed by atoms with Crippen molar-refractivity contribution in [1.29, 1.82) is 0 Å². The Kier molecular flexibility index (Phi) is 11.4.